The second kappa shape index (κ2) is 5.55. The lowest BCUT2D eigenvalue weighted by Crippen LogP contribution is -2.01. The minimum Gasteiger partial charge on any atom is -0.289 e. The highest BCUT2D eigenvalue weighted by atomic mass is 35.5. The molecule has 0 N–H and O–H groups in total. The van der Waals surface area contributed by atoms with Gasteiger partial charge >= 0.3 is 0 Å². The molecule has 2 rings (SSSR count). The molecule has 3 heteroatoms. The van der Waals surface area contributed by atoms with Crippen molar-refractivity contribution in [1.29, 1.82) is 0 Å². The van der Waals surface area contributed by atoms with Crippen LogP contribution in [0.15, 0.2) is 42.5 Å². The van der Waals surface area contributed by atoms with E-state index in [0.717, 1.165) is 6.42 Å². The fourth-order valence-electron chi connectivity index (χ4n) is 1.74. The van der Waals surface area contributed by atoms with Gasteiger partial charge in [0.15, 0.2) is 5.78 Å². The van der Waals surface area contributed by atoms with Gasteiger partial charge < -0.3 is 0 Å². The maximum atomic E-state index is 12.2. The standard InChI is InChI=1S/C15H12Cl2O/c1-2-10-3-5-11(6-4-10)15(18)12-7-13(16)9-14(17)8-12/h3-9H,2H2,1H3. The Morgan fingerprint density at radius 2 is 1.50 bits per heavy atom. The Hall–Kier alpha value is -1.31. The van der Waals surface area contributed by atoms with Crippen LogP contribution in [-0.4, -0.2) is 5.78 Å². The third kappa shape index (κ3) is 2.92. The van der Waals surface area contributed by atoms with E-state index in [9.17, 15) is 4.79 Å². The van der Waals surface area contributed by atoms with E-state index in [-0.39, 0.29) is 5.78 Å². The summed E-state index contributed by atoms with van der Waals surface area (Å²) in [6, 6.07) is 12.4. The average Bonchev–Trinajstić information content (AvgIpc) is 2.37. The minimum atomic E-state index is -0.0675. The maximum absolute atomic E-state index is 12.2. The van der Waals surface area contributed by atoms with Crippen molar-refractivity contribution < 1.29 is 4.79 Å². The Kier molecular flexibility index (Phi) is 4.05. The second-order valence-electron chi connectivity index (χ2n) is 4.04. The zero-order chi connectivity index (χ0) is 13.1. The number of carbonyl (C=O) groups is 1. The molecule has 92 valence electrons. The summed E-state index contributed by atoms with van der Waals surface area (Å²) in [4.78, 5) is 12.2. The van der Waals surface area contributed by atoms with Crippen molar-refractivity contribution in [3.05, 3.63) is 69.2 Å². The Bertz CT molecular complexity index is 553. The zero-order valence-corrected chi connectivity index (χ0v) is 11.4. The number of hydrogen-bond acceptors (Lipinski definition) is 1. The Balaban J connectivity index is 2.34. The van der Waals surface area contributed by atoms with Crippen LogP contribution in [0.1, 0.15) is 28.4 Å². The normalized spacial score (nSPS) is 10.4. The van der Waals surface area contributed by atoms with Crippen molar-refractivity contribution >= 4 is 29.0 Å². The lowest BCUT2D eigenvalue weighted by molar-refractivity contribution is 0.103. The monoisotopic (exact) mass is 278 g/mol. The lowest BCUT2D eigenvalue weighted by Gasteiger charge is -2.04. The Labute approximate surface area is 116 Å². The third-order valence-electron chi connectivity index (χ3n) is 2.75. The molecule has 0 saturated carbocycles. The summed E-state index contributed by atoms with van der Waals surface area (Å²) in [5.41, 5.74) is 2.36. The summed E-state index contributed by atoms with van der Waals surface area (Å²) in [5.74, 6) is -0.0675. The SMILES string of the molecule is CCc1ccc(C(=O)c2cc(Cl)cc(Cl)c2)cc1. The van der Waals surface area contributed by atoms with Gasteiger partial charge in [-0.3, -0.25) is 4.79 Å². The predicted molar refractivity (Wildman–Crippen MR) is 75.7 cm³/mol. The van der Waals surface area contributed by atoms with Gasteiger partial charge in [0.2, 0.25) is 0 Å². The molecule has 0 atom stereocenters. The fraction of sp³-hybridized carbons (Fsp3) is 0.133. The first kappa shape index (κ1) is 13.1. The molecule has 2 aromatic carbocycles. The van der Waals surface area contributed by atoms with Crippen molar-refractivity contribution in [2.45, 2.75) is 13.3 Å². The van der Waals surface area contributed by atoms with Crippen LogP contribution in [-0.2, 0) is 6.42 Å². The van der Waals surface area contributed by atoms with Gasteiger partial charge in [0.1, 0.15) is 0 Å². The summed E-state index contributed by atoms with van der Waals surface area (Å²) in [7, 11) is 0. The molecule has 0 aliphatic rings. The second-order valence-corrected chi connectivity index (χ2v) is 4.91. The molecule has 0 amide bonds. The molecule has 0 unspecified atom stereocenters. The largest absolute Gasteiger partial charge is 0.289 e. The predicted octanol–water partition coefficient (Wildman–Crippen LogP) is 4.79. The molecular weight excluding hydrogens is 267 g/mol. The van der Waals surface area contributed by atoms with Crippen molar-refractivity contribution in [2.24, 2.45) is 0 Å². The van der Waals surface area contributed by atoms with Gasteiger partial charge in [0.25, 0.3) is 0 Å². The number of carbonyl (C=O) groups excluding carboxylic acids is 1. The maximum Gasteiger partial charge on any atom is 0.193 e. The van der Waals surface area contributed by atoms with Gasteiger partial charge in [0.05, 0.1) is 0 Å². The molecule has 0 aromatic heterocycles. The van der Waals surface area contributed by atoms with Gasteiger partial charge in [-0.05, 0) is 30.2 Å². The van der Waals surface area contributed by atoms with Crippen molar-refractivity contribution in [1.82, 2.24) is 0 Å². The van der Waals surface area contributed by atoms with Gasteiger partial charge in [-0.1, -0.05) is 54.4 Å². The molecule has 0 spiro atoms. The Morgan fingerprint density at radius 3 is 2.00 bits per heavy atom. The molecule has 0 aliphatic carbocycles. The number of halogens is 2. The highest BCUT2D eigenvalue weighted by molar-refractivity contribution is 6.35. The summed E-state index contributed by atoms with van der Waals surface area (Å²) in [6.07, 6.45) is 0.956. The molecule has 0 fully saturated rings. The smallest absolute Gasteiger partial charge is 0.193 e. The molecule has 0 saturated heterocycles. The summed E-state index contributed by atoms with van der Waals surface area (Å²) in [5, 5.41) is 0.937. The van der Waals surface area contributed by atoms with Gasteiger partial charge in [-0.15, -0.1) is 0 Å². The Morgan fingerprint density at radius 1 is 0.944 bits per heavy atom. The van der Waals surface area contributed by atoms with Crippen LogP contribution in [0.3, 0.4) is 0 Å². The first-order valence-corrected chi connectivity index (χ1v) is 6.45. The summed E-state index contributed by atoms with van der Waals surface area (Å²) in [6.45, 7) is 2.08. The van der Waals surface area contributed by atoms with Crippen LogP contribution in [0.2, 0.25) is 10.0 Å². The summed E-state index contributed by atoms with van der Waals surface area (Å²) >= 11 is 11.8. The molecule has 0 radical (unpaired) electrons. The van der Waals surface area contributed by atoms with Crippen LogP contribution >= 0.6 is 23.2 Å². The van der Waals surface area contributed by atoms with Crippen molar-refractivity contribution in [3.8, 4) is 0 Å². The third-order valence-corrected chi connectivity index (χ3v) is 3.19. The average molecular weight is 279 g/mol. The molecule has 2 aromatic rings. The van der Waals surface area contributed by atoms with E-state index in [0.29, 0.717) is 21.2 Å². The van der Waals surface area contributed by atoms with Crippen LogP contribution in [0.5, 0.6) is 0 Å². The van der Waals surface area contributed by atoms with Crippen LogP contribution in [0.25, 0.3) is 0 Å². The molecule has 0 heterocycles. The first-order valence-electron chi connectivity index (χ1n) is 5.70. The number of ketones is 1. The van der Waals surface area contributed by atoms with E-state index in [1.54, 1.807) is 18.2 Å². The quantitative estimate of drug-likeness (QED) is 0.738. The fourth-order valence-corrected chi connectivity index (χ4v) is 2.27. The van der Waals surface area contributed by atoms with E-state index >= 15 is 0 Å². The van der Waals surface area contributed by atoms with E-state index in [1.807, 2.05) is 24.3 Å². The molecule has 18 heavy (non-hydrogen) atoms. The van der Waals surface area contributed by atoms with Gasteiger partial charge in [-0.25, -0.2) is 0 Å². The van der Waals surface area contributed by atoms with E-state index < -0.39 is 0 Å². The molecule has 0 aliphatic heterocycles. The van der Waals surface area contributed by atoms with Crippen molar-refractivity contribution in [2.75, 3.05) is 0 Å². The topological polar surface area (TPSA) is 17.1 Å². The zero-order valence-electron chi connectivity index (χ0n) is 9.91. The van der Waals surface area contributed by atoms with Crippen molar-refractivity contribution in [3.63, 3.8) is 0 Å². The van der Waals surface area contributed by atoms with Crippen LogP contribution in [0.4, 0.5) is 0 Å². The summed E-state index contributed by atoms with van der Waals surface area (Å²) < 4.78 is 0. The number of aryl methyl sites for hydroxylation is 1. The molecular formula is C15H12Cl2O. The molecule has 0 bridgehead atoms. The lowest BCUT2D eigenvalue weighted by atomic mass is 10.0. The minimum absolute atomic E-state index is 0.0675. The number of benzene rings is 2. The highest BCUT2D eigenvalue weighted by Crippen LogP contribution is 2.21. The van der Waals surface area contributed by atoms with E-state index in [2.05, 4.69) is 6.92 Å². The number of rotatable bonds is 3. The van der Waals surface area contributed by atoms with Crippen LogP contribution < -0.4 is 0 Å². The highest BCUT2D eigenvalue weighted by Gasteiger charge is 2.10. The van der Waals surface area contributed by atoms with Crippen LogP contribution in [0, 0.1) is 0 Å². The van der Waals surface area contributed by atoms with Gasteiger partial charge in [0, 0.05) is 21.2 Å². The van der Waals surface area contributed by atoms with Gasteiger partial charge in [-0.2, -0.15) is 0 Å². The van der Waals surface area contributed by atoms with E-state index in [1.165, 1.54) is 5.56 Å². The number of hydrogen-bond donors (Lipinski definition) is 0. The molecule has 1 nitrogen and oxygen atoms in total. The van der Waals surface area contributed by atoms with E-state index in [4.69, 9.17) is 23.2 Å². The first-order chi connectivity index (χ1) is 8.60.